The minimum absolute atomic E-state index is 0.280. The fourth-order valence-corrected chi connectivity index (χ4v) is 4.80. The maximum absolute atomic E-state index is 13.1. The number of fused-ring (bicyclic) bond motifs is 3. The van der Waals surface area contributed by atoms with Crippen molar-refractivity contribution < 1.29 is 22.7 Å². The van der Waals surface area contributed by atoms with E-state index in [0.717, 1.165) is 33.5 Å². The van der Waals surface area contributed by atoms with Gasteiger partial charge < -0.3 is 14.5 Å². The second-order valence-electron chi connectivity index (χ2n) is 9.10. The van der Waals surface area contributed by atoms with Crippen LogP contribution in [0.4, 0.5) is 4.79 Å². The van der Waals surface area contributed by atoms with Gasteiger partial charge in [-0.1, -0.05) is 12.1 Å². The summed E-state index contributed by atoms with van der Waals surface area (Å²) in [4.78, 5) is 18.6. The molecule has 1 aliphatic rings. The molecule has 0 saturated heterocycles. The van der Waals surface area contributed by atoms with E-state index in [-0.39, 0.29) is 11.0 Å². The Bertz CT molecular complexity index is 1270. The van der Waals surface area contributed by atoms with Gasteiger partial charge in [0.2, 0.25) is 0 Å². The van der Waals surface area contributed by atoms with Crippen LogP contribution in [0.15, 0.2) is 47.4 Å². The number of hydrogen-bond acceptors (Lipinski definition) is 5. The number of hydrogen-bond donors (Lipinski definition) is 1. The molecule has 0 bridgehead atoms. The quantitative estimate of drug-likeness (QED) is 0.628. The fraction of sp³-hybridized carbons (Fsp3) is 0.375. The van der Waals surface area contributed by atoms with Gasteiger partial charge in [-0.15, -0.1) is 0 Å². The third-order valence-electron chi connectivity index (χ3n) is 5.59. The highest BCUT2D eigenvalue weighted by Gasteiger charge is 2.37. The van der Waals surface area contributed by atoms with Crippen LogP contribution in [0.5, 0.6) is 5.75 Å². The standard InChI is InChI=1S/C24H28N2O5S/c1-24(2,3)31-23(27)26-13-12-18-19-14-17(32(5,28)29)10-11-20(19)25-21(18)22(26)15-6-8-16(30-4)9-7-15/h6-11,14,22,25H,12-13H2,1-5H3. The van der Waals surface area contributed by atoms with E-state index in [0.29, 0.717) is 13.0 Å². The van der Waals surface area contributed by atoms with E-state index in [2.05, 4.69) is 4.98 Å². The van der Waals surface area contributed by atoms with Crippen LogP contribution in [-0.4, -0.2) is 49.9 Å². The van der Waals surface area contributed by atoms with E-state index in [1.54, 1.807) is 30.2 Å². The summed E-state index contributed by atoms with van der Waals surface area (Å²) >= 11 is 0. The van der Waals surface area contributed by atoms with E-state index < -0.39 is 21.5 Å². The second kappa shape index (κ2) is 7.85. The normalized spacial score (nSPS) is 16.7. The molecule has 1 aromatic heterocycles. The van der Waals surface area contributed by atoms with Gasteiger partial charge in [0.15, 0.2) is 9.84 Å². The lowest BCUT2D eigenvalue weighted by atomic mass is 9.92. The van der Waals surface area contributed by atoms with Gasteiger partial charge in [-0.3, -0.25) is 4.90 Å². The average molecular weight is 457 g/mol. The first kappa shape index (κ1) is 22.2. The number of nitrogens with zero attached hydrogens (tertiary/aromatic N) is 1. The van der Waals surface area contributed by atoms with Crippen LogP contribution in [0.3, 0.4) is 0 Å². The predicted octanol–water partition coefficient (Wildman–Crippen LogP) is 4.46. The molecule has 1 atom stereocenters. The first-order valence-electron chi connectivity index (χ1n) is 10.5. The molecule has 8 heteroatoms. The summed E-state index contributed by atoms with van der Waals surface area (Å²) in [6, 6.07) is 12.3. The molecule has 2 aromatic carbocycles. The van der Waals surface area contributed by atoms with Crippen LogP contribution in [-0.2, 0) is 21.0 Å². The van der Waals surface area contributed by atoms with Crippen molar-refractivity contribution in [2.75, 3.05) is 19.9 Å². The lowest BCUT2D eigenvalue weighted by Crippen LogP contribution is -2.43. The fourth-order valence-electron chi connectivity index (χ4n) is 4.15. The maximum atomic E-state index is 13.1. The number of aromatic amines is 1. The number of carbonyl (C=O) groups is 1. The topological polar surface area (TPSA) is 88.7 Å². The molecule has 0 aliphatic carbocycles. The van der Waals surface area contributed by atoms with Crippen molar-refractivity contribution >= 4 is 26.8 Å². The minimum atomic E-state index is -3.33. The molecule has 1 unspecified atom stereocenters. The van der Waals surface area contributed by atoms with Crippen molar-refractivity contribution in [1.29, 1.82) is 0 Å². The van der Waals surface area contributed by atoms with Gasteiger partial charge in [-0.25, -0.2) is 13.2 Å². The summed E-state index contributed by atoms with van der Waals surface area (Å²) < 4.78 is 35.2. The largest absolute Gasteiger partial charge is 0.497 e. The highest BCUT2D eigenvalue weighted by Crippen LogP contribution is 2.40. The third-order valence-corrected chi connectivity index (χ3v) is 6.70. The summed E-state index contributed by atoms with van der Waals surface area (Å²) in [6.07, 6.45) is 1.41. The third kappa shape index (κ3) is 4.19. The molecule has 0 radical (unpaired) electrons. The Morgan fingerprint density at radius 2 is 1.81 bits per heavy atom. The second-order valence-corrected chi connectivity index (χ2v) is 11.1. The Morgan fingerprint density at radius 3 is 2.41 bits per heavy atom. The molecule has 0 saturated carbocycles. The molecular weight excluding hydrogens is 428 g/mol. The Hall–Kier alpha value is -3.00. The van der Waals surface area contributed by atoms with Crippen molar-refractivity contribution in [3.8, 4) is 5.75 Å². The Kier molecular flexibility index (Phi) is 5.45. The highest BCUT2D eigenvalue weighted by atomic mass is 32.2. The van der Waals surface area contributed by atoms with Gasteiger partial charge in [-0.2, -0.15) is 0 Å². The van der Waals surface area contributed by atoms with Gasteiger partial charge in [0.25, 0.3) is 0 Å². The smallest absolute Gasteiger partial charge is 0.411 e. The van der Waals surface area contributed by atoms with Crippen molar-refractivity contribution in [2.24, 2.45) is 0 Å². The number of methoxy groups -OCH3 is 1. The lowest BCUT2D eigenvalue weighted by molar-refractivity contribution is 0.0175. The minimum Gasteiger partial charge on any atom is -0.497 e. The van der Waals surface area contributed by atoms with Crippen LogP contribution in [0.2, 0.25) is 0 Å². The van der Waals surface area contributed by atoms with E-state index in [4.69, 9.17) is 9.47 Å². The molecule has 3 aromatic rings. The Labute approximate surface area is 188 Å². The van der Waals surface area contributed by atoms with Crippen LogP contribution in [0.1, 0.15) is 43.6 Å². The molecule has 2 heterocycles. The molecule has 32 heavy (non-hydrogen) atoms. The van der Waals surface area contributed by atoms with E-state index >= 15 is 0 Å². The maximum Gasteiger partial charge on any atom is 0.411 e. The Balaban J connectivity index is 1.86. The molecule has 7 nitrogen and oxygen atoms in total. The summed E-state index contributed by atoms with van der Waals surface area (Å²) in [5.74, 6) is 0.725. The number of rotatable bonds is 3. The number of benzene rings is 2. The highest BCUT2D eigenvalue weighted by molar-refractivity contribution is 7.90. The zero-order chi connectivity index (χ0) is 23.3. The molecule has 1 aliphatic heterocycles. The molecule has 0 fully saturated rings. The monoisotopic (exact) mass is 456 g/mol. The van der Waals surface area contributed by atoms with Crippen LogP contribution >= 0.6 is 0 Å². The van der Waals surface area contributed by atoms with Crippen molar-refractivity contribution in [2.45, 2.75) is 43.7 Å². The summed E-state index contributed by atoms with van der Waals surface area (Å²) in [5.41, 5.74) is 3.02. The Morgan fingerprint density at radius 1 is 1.12 bits per heavy atom. The number of amides is 1. The molecule has 1 N–H and O–H groups in total. The number of sulfone groups is 1. The molecular formula is C24H28N2O5S. The predicted molar refractivity (Wildman–Crippen MR) is 123 cm³/mol. The van der Waals surface area contributed by atoms with Crippen LogP contribution < -0.4 is 4.74 Å². The number of aromatic nitrogens is 1. The molecule has 0 spiro atoms. The number of nitrogens with one attached hydrogen (secondary N) is 1. The summed E-state index contributed by atoms with van der Waals surface area (Å²) in [6.45, 7) is 5.99. The molecule has 170 valence electrons. The average Bonchev–Trinajstić information content (AvgIpc) is 3.09. The molecule has 1 amide bonds. The van der Waals surface area contributed by atoms with Gasteiger partial charge >= 0.3 is 6.09 Å². The molecule has 4 rings (SSSR count). The van der Waals surface area contributed by atoms with Crippen molar-refractivity contribution in [1.82, 2.24) is 9.88 Å². The van der Waals surface area contributed by atoms with Crippen LogP contribution in [0, 0.1) is 0 Å². The lowest BCUT2D eigenvalue weighted by Gasteiger charge is -2.37. The van der Waals surface area contributed by atoms with Gasteiger partial charge in [-0.05, 0) is 68.7 Å². The van der Waals surface area contributed by atoms with E-state index in [1.165, 1.54) is 6.26 Å². The van der Waals surface area contributed by atoms with Gasteiger partial charge in [0.1, 0.15) is 17.4 Å². The number of ether oxygens (including phenoxy) is 2. The first-order chi connectivity index (χ1) is 15.0. The van der Waals surface area contributed by atoms with E-state index in [9.17, 15) is 13.2 Å². The van der Waals surface area contributed by atoms with E-state index in [1.807, 2.05) is 45.0 Å². The summed E-state index contributed by atoms with van der Waals surface area (Å²) in [5, 5.41) is 0.866. The zero-order valence-corrected chi connectivity index (χ0v) is 19.7. The number of H-pyrrole nitrogens is 1. The number of carbonyl (C=O) groups excluding carboxylic acids is 1. The first-order valence-corrected chi connectivity index (χ1v) is 12.4. The van der Waals surface area contributed by atoms with Crippen LogP contribution in [0.25, 0.3) is 10.9 Å². The van der Waals surface area contributed by atoms with Gasteiger partial charge in [0.05, 0.1) is 12.0 Å². The van der Waals surface area contributed by atoms with Crippen molar-refractivity contribution in [3.63, 3.8) is 0 Å². The summed E-state index contributed by atoms with van der Waals surface area (Å²) in [7, 11) is -1.72. The SMILES string of the molecule is COc1ccc(C2c3[nH]c4ccc(S(C)(=O)=O)cc4c3CCN2C(=O)OC(C)(C)C)cc1. The van der Waals surface area contributed by atoms with Crippen molar-refractivity contribution in [3.05, 3.63) is 59.3 Å². The van der Waals surface area contributed by atoms with Gasteiger partial charge in [0, 0.05) is 29.4 Å². The zero-order valence-electron chi connectivity index (χ0n) is 18.9.